The lowest BCUT2D eigenvalue weighted by Crippen LogP contribution is -2.78. The highest BCUT2D eigenvalue weighted by Gasteiger charge is 2.46. The molecule has 13 aromatic rings. The zero-order valence-corrected chi connectivity index (χ0v) is 43.1. The first-order valence-electron chi connectivity index (χ1n) is 25.8. The largest absolute Gasteiger partial charge is 0.309 e. The molecule has 352 valence electrons. The van der Waals surface area contributed by atoms with Crippen molar-refractivity contribution in [2.75, 3.05) is 0 Å². The van der Waals surface area contributed by atoms with Gasteiger partial charge in [0.2, 0.25) is 0 Å². The lowest BCUT2D eigenvalue weighted by atomic mass is 9.84. The molecule has 0 spiro atoms. The van der Waals surface area contributed by atoms with Crippen molar-refractivity contribution in [3.8, 4) is 50.5 Å². The van der Waals surface area contributed by atoms with Crippen molar-refractivity contribution in [1.82, 2.24) is 14.5 Å². The average molecular weight is 988 g/mol. The molecule has 0 N–H and O–H groups in total. The zero-order valence-electron chi connectivity index (χ0n) is 41.1. The molecule has 0 saturated carbocycles. The third-order valence-corrected chi connectivity index (χ3v) is 25.3. The first-order valence-corrected chi connectivity index (χ1v) is 29.8. The normalized spacial score (nSPS) is 12.0. The Kier molecular flexibility index (Phi) is 10.9. The summed E-state index contributed by atoms with van der Waals surface area (Å²) in [6.45, 7) is 0. The van der Waals surface area contributed by atoms with Gasteiger partial charge in [-0.05, 0) is 100 Å². The summed E-state index contributed by atoms with van der Waals surface area (Å²) < 4.78 is 2.46. The standard InChI is InChI=1S/C70H49N3Si2/c1-5-24-51(25-6-1)74(52-26-7-2-8-27-52,55-32-19-23-50(47-55)73-67-41-17-15-37-62(67)63-38-16-18-42-68(63)73)56-33-20-34-57(48-56)75(53-28-9-3-10-29-53,54-30-11-4-12-31-54)58-43-44-61-65-40-22-46-72-70(65)69-64(39-21-45-71-69)59-35-13-14-36-60(59)66(61)49-58/h1-49H. The smallest absolute Gasteiger partial charge is 0.179 e. The molecule has 3 heterocycles. The molecular weight excluding hydrogens is 939 g/mol. The second-order valence-corrected chi connectivity index (χ2v) is 27.2. The van der Waals surface area contributed by atoms with Crippen molar-refractivity contribution in [3.05, 3.63) is 298 Å². The van der Waals surface area contributed by atoms with Gasteiger partial charge in [0.25, 0.3) is 0 Å². The van der Waals surface area contributed by atoms with Crippen molar-refractivity contribution in [2.24, 2.45) is 0 Å². The van der Waals surface area contributed by atoms with Crippen LogP contribution in [0.3, 0.4) is 0 Å². The molecule has 3 nitrogen and oxygen atoms in total. The number of benzene rings is 10. The van der Waals surface area contributed by atoms with Crippen molar-refractivity contribution in [2.45, 2.75) is 0 Å². The van der Waals surface area contributed by atoms with Crippen LogP contribution in [0.5, 0.6) is 0 Å². The van der Waals surface area contributed by atoms with Crippen LogP contribution in [0.15, 0.2) is 298 Å². The molecule has 5 heteroatoms. The minimum Gasteiger partial charge on any atom is -0.309 e. The van der Waals surface area contributed by atoms with Crippen molar-refractivity contribution in [3.63, 3.8) is 0 Å². The van der Waals surface area contributed by atoms with Crippen molar-refractivity contribution in [1.29, 1.82) is 0 Å². The Morgan fingerprint density at radius 1 is 0.240 bits per heavy atom. The van der Waals surface area contributed by atoms with Gasteiger partial charge in [-0.3, -0.25) is 9.97 Å². The van der Waals surface area contributed by atoms with E-state index in [1.165, 1.54) is 74.4 Å². The van der Waals surface area contributed by atoms with Gasteiger partial charge in [-0.15, -0.1) is 0 Å². The number of hydrogen-bond acceptors (Lipinski definition) is 2. The minimum absolute atomic E-state index is 0.893. The number of nitrogens with zero attached hydrogens (tertiary/aromatic N) is 3. The summed E-state index contributed by atoms with van der Waals surface area (Å²) in [5, 5.41) is 13.1. The summed E-state index contributed by atoms with van der Waals surface area (Å²) in [4.78, 5) is 10.0. The Balaban J connectivity index is 1.07. The Morgan fingerprint density at radius 3 is 1.09 bits per heavy atom. The third-order valence-electron chi connectivity index (χ3n) is 15.8. The van der Waals surface area contributed by atoms with Gasteiger partial charge >= 0.3 is 0 Å². The van der Waals surface area contributed by atoms with Crippen LogP contribution in [0.4, 0.5) is 0 Å². The fourth-order valence-corrected chi connectivity index (χ4v) is 22.4. The van der Waals surface area contributed by atoms with E-state index in [9.17, 15) is 0 Å². The Bertz CT molecular complexity index is 4110. The van der Waals surface area contributed by atoms with Crippen LogP contribution in [0.1, 0.15) is 0 Å². The summed E-state index contributed by atoms with van der Waals surface area (Å²) in [6.07, 6.45) is 3.78. The number of hydrogen-bond donors (Lipinski definition) is 0. The van der Waals surface area contributed by atoms with Crippen molar-refractivity contribution < 1.29 is 0 Å². The van der Waals surface area contributed by atoms with Crippen LogP contribution in [0.2, 0.25) is 0 Å². The summed E-state index contributed by atoms with van der Waals surface area (Å²) in [5.74, 6) is 0. The molecule has 0 amide bonds. The van der Waals surface area contributed by atoms with E-state index in [1.807, 2.05) is 18.5 Å². The van der Waals surface area contributed by atoms with E-state index in [0.717, 1.165) is 39.3 Å². The average Bonchev–Trinajstić information content (AvgIpc) is 3.86. The molecule has 14 rings (SSSR count). The molecule has 75 heavy (non-hydrogen) atoms. The highest BCUT2D eigenvalue weighted by Crippen LogP contribution is 2.46. The van der Waals surface area contributed by atoms with Gasteiger partial charge in [0.05, 0.1) is 22.4 Å². The highest BCUT2D eigenvalue weighted by atomic mass is 28.3. The van der Waals surface area contributed by atoms with Gasteiger partial charge < -0.3 is 4.57 Å². The molecule has 0 unspecified atom stereocenters. The van der Waals surface area contributed by atoms with E-state index in [2.05, 4.69) is 284 Å². The third kappa shape index (κ3) is 7.00. The lowest BCUT2D eigenvalue weighted by Gasteiger charge is -2.38. The van der Waals surface area contributed by atoms with E-state index in [1.54, 1.807) is 0 Å². The van der Waals surface area contributed by atoms with Gasteiger partial charge in [0.15, 0.2) is 16.1 Å². The number of pyridine rings is 2. The summed E-state index contributed by atoms with van der Waals surface area (Å²) >= 11 is 0. The minimum atomic E-state index is -3.21. The monoisotopic (exact) mass is 987 g/mol. The SMILES string of the molecule is c1ccc([Si](c2ccccc2)(c2cccc(-n3c4ccccc4c4ccccc43)c2)c2cccc([Si](c3ccccc3)(c3ccccc3)c3ccc4c(c3)-c3ccccc3-c3cccnc3-c3ncccc3-4)c2)cc1. The van der Waals surface area contributed by atoms with Crippen LogP contribution >= 0.6 is 0 Å². The van der Waals surface area contributed by atoms with Crippen molar-refractivity contribution >= 4 is 79.4 Å². The molecular formula is C70H49N3Si2. The topological polar surface area (TPSA) is 30.7 Å². The fraction of sp³-hybridized carbons (Fsp3) is 0. The molecule has 0 aliphatic heterocycles. The fourth-order valence-electron chi connectivity index (χ4n) is 12.6. The number of aromatic nitrogens is 3. The maximum atomic E-state index is 5.05. The molecule has 0 radical (unpaired) electrons. The van der Waals surface area contributed by atoms with Gasteiger partial charge in [-0.1, -0.05) is 249 Å². The molecule has 0 fully saturated rings. The number of rotatable bonds is 9. The maximum Gasteiger partial charge on any atom is 0.179 e. The predicted octanol–water partition coefficient (Wildman–Crippen LogP) is 11.3. The van der Waals surface area contributed by atoms with Gasteiger partial charge in [0, 0.05) is 40.0 Å². The quantitative estimate of drug-likeness (QED) is 0.107. The second kappa shape index (κ2) is 18.3. The number of fused-ring (bicyclic) bond motifs is 11. The van der Waals surface area contributed by atoms with Crippen LogP contribution in [0, 0.1) is 0 Å². The van der Waals surface area contributed by atoms with E-state index in [-0.39, 0.29) is 0 Å². The predicted molar refractivity (Wildman–Crippen MR) is 319 cm³/mol. The number of para-hydroxylation sites is 2. The Morgan fingerprint density at radius 2 is 0.600 bits per heavy atom. The van der Waals surface area contributed by atoms with Gasteiger partial charge in [-0.25, -0.2) is 0 Å². The van der Waals surface area contributed by atoms with Crippen LogP contribution < -0.4 is 41.5 Å². The van der Waals surface area contributed by atoms with Crippen LogP contribution in [0.25, 0.3) is 72.3 Å². The molecule has 10 aromatic carbocycles. The molecule has 1 aliphatic carbocycles. The first-order chi connectivity index (χ1) is 37.2. The van der Waals surface area contributed by atoms with E-state index in [0.29, 0.717) is 0 Å². The zero-order chi connectivity index (χ0) is 49.8. The Hall–Kier alpha value is -9.27. The maximum absolute atomic E-state index is 5.05. The van der Waals surface area contributed by atoms with Crippen LogP contribution in [-0.2, 0) is 0 Å². The first kappa shape index (κ1) is 44.4. The van der Waals surface area contributed by atoms with E-state index in [4.69, 9.17) is 9.97 Å². The summed E-state index contributed by atoms with van der Waals surface area (Å²) in [7, 11) is -6.36. The molecule has 0 bridgehead atoms. The molecule has 1 aliphatic rings. The van der Waals surface area contributed by atoms with E-state index >= 15 is 0 Å². The second-order valence-electron chi connectivity index (χ2n) is 19.6. The molecule has 0 atom stereocenters. The summed E-state index contributed by atoms with van der Waals surface area (Å²) in [5.41, 5.74) is 12.2. The van der Waals surface area contributed by atoms with Gasteiger partial charge in [0.1, 0.15) is 0 Å². The Labute approximate surface area is 439 Å². The van der Waals surface area contributed by atoms with Crippen LogP contribution in [-0.4, -0.2) is 30.7 Å². The molecule has 3 aromatic heterocycles. The van der Waals surface area contributed by atoms with E-state index < -0.39 is 16.1 Å². The van der Waals surface area contributed by atoms with Gasteiger partial charge in [-0.2, -0.15) is 0 Å². The highest BCUT2D eigenvalue weighted by molar-refractivity contribution is 7.22. The molecule has 0 saturated heterocycles. The summed E-state index contributed by atoms with van der Waals surface area (Å²) in [6, 6.07) is 107. The lowest BCUT2D eigenvalue weighted by molar-refractivity contribution is 1.18.